The summed E-state index contributed by atoms with van der Waals surface area (Å²) in [6.07, 6.45) is 4.66. The van der Waals surface area contributed by atoms with Crippen LogP contribution in [0, 0.1) is 18.3 Å². The summed E-state index contributed by atoms with van der Waals surface area (Å²) in [5.74, 6) is 0.639. The third-order valence-electron chi connectivity index (χ3n) is 4.90. The molecule has 1 aromatic rings. The van der Waals surface area contributed by atoms with Gasteiger partial charge < -0.3 is 5.32 Å². The number of hydrogen-bond donors (Lipinski definition) is 2. The zero-order valence-electron chi connectivity index (χ0n) is 14.6. The minimum absolute atomic E-state index is 0.135. The molecule has 23 heavy (non-hydrogen) atoms. The summed E-state index contributed by atoms with van der Waals surface area (Å²) in [6, 6.07) is 7.92. The van der Waals surface area contributed by atoms with Crippen LogP contribution in [0.2, 0.25) is 0 Å². The summed E-state index contributed by atoms with van der Waals surface area (Å²) in [6.45, 7) is 8.88. The highest BCUT2D eigenvalue weighted by molar-refractivity contribution is 7.80. The maximum atomic E-state index is 12.3. The highest BCUT2D eigenvalue weighted by Gasteiger charge is 2.29. The Balaban J connectivity index is 1.82. The van der Waals surface area contributed by atoms with E-state index in [-0.39, 0.29) is 5.91 Å². The van der Waals surface area contributed by atoms with E-state index in [1.807, 2.05) is 31.2 Å². The second-order valence-corrected chi connectivity index (χ2v) is 8.07. The fourth-order valence-electron chi connectivity index (χ4n) is 3.32. The first-order valence-corrected chi connectivity index (χ1v) is 8.85. The van der Waals surface area contributed by atoms with E-state index in [1.165, 1.54) is 12.8 Å². The summed E-state index contributed by atoms with van der Waals surface area (Å²) < 4.78 is 0. The number of carbonyl (C=O) groups excluding carboxylic acids is 1. The van der Waals surface area contributed by atoms with Crippen molar-refractivity contribution in [2.24, 2.45) is 11.3 Å². The Morgan fingerprint density at radius 1 is 1.13 bits per heavy atom. The Labute approximate surface area is 145 Å². The normalized spacial score (nSPS) is 21.6. The number of nitrogens with one attached hydrogen (secondary N) is 2. The van der Waals surface area contributed by atoms with Crippen molar-refractivity contribution in [3.8, 4) is 0 Å². The van der Waals surface area contributed by atoms with E-state index in [9.17, 15) is 4.79 Å². The minimum atomic E-state index is -0.135. The molecule has 0 unspecified atom stereocenters. The van der Waals surface area contributed by atoms with Crippen molar-refractivity contribution in [1.29, 1.82) is 0 Å². The molecule has 2 rings (SSSR count). The molecule has 1 amide bonds. The van der Waals surface area contributed by atoms with Crippen LogP contribution < -0.4 is 10.6 Å². The Hall–Kier alpha value is -1.42. The van der Waals surface area contributed by atoms with Crippen LogP contribution in [0.15, 0.2) is 24.3 Å². The van der Waals surface area contributed by atoms with Gasteiger partial charge in [-0.1, -0.05) is 39.0 Å². The van der Waals surface area contributed by atoms with Gasteiger partial charge in [0.05, 0.1) is 0 Å². The average molecular weight is 333 g/mol. The maximum absolute atomic E-state index is 12.3. The molecule has 0 saturated heterocycles. The van der Waals surface area contributed by atoms with Crippen molar-refractivity contribution in [3.63, 3.8) is 0 Å². The summed E-state index contributed by atoms with van der Waals surface area (Å²) >= 11 is 5.31. The van der Waals surface area contributed by atoms with Crippen molar-refractivity contribution >= 4 is 23.2 Å². The van der Waals surface area contributed by atoms with Crippen molar-refractivity contribution in [3.05, 3.63) is 35.4 Å². The SMILES string of the molecule is Cc1ccccc1C(=O)NC(=S)NC1CCC(C(C)(C)C)CC1. The summed E-state index contributed by atoms with van der Waals surface area (Å²) in [5.41, 5.74) is 2.01. The molecule has 1 saturated carbocycles. The van der Waals surface area contributed by atoms with Crippen LogP contribution in [0.5, 0.6) is 0 Å². The van der Waals surface area contributed by atoms with E-state index in [0.717, 1.165) is 24.3 Å². The molecule has 3 nitrogen and oxygen atoms in total. The molecule has 0 radical (unpaired) electrons. The highest BCUT2D eigenvalue weighted by atomic mass is 32.1. The molecule has 0 bridgehead atoms. The standard InChI is InChI=1S/C19H28N2OS/c1-13-7-5-6-8-16(13)17(22)21-18(23)20-15-11-9-14(10-12-15)19(2,3)4/h5-8,14-15H,9-12H2,1-4H3,(H2,20,21,22,23). The lowest BCUT2D eigenvalue weighted by Gasteiger charge is -2.37. The van der Waals surface area contributed by atoms with Crippen LogP contribution in [-0.4, -0.2) is 17.1 Å². The molecule has 1 aliphatic rings. The first kappa shape index (κ1) is 17.9. The molecule has 0 aliphatic heterocycles. The first-order chi connectivity index (χ1) is 10.8. The largest absolute Gasteiger partial charge is 0.360 e. The number of amides is 1. The fraction of sp³-hybridized carbons (Fsp3) is 0.579. The van der Waals surface area contributed by atoms with Gasteiger partial charge in [-0.2, -0.15) is 0 Å². The molecule has 1 fully saturated rings. The van der Waals surface area contributed by atoms with Crippen molar-refractivity contribution < 1.29 is 4.79 Å². The van der Waals surface area contributed by atoms with Crippen LogP contribution >= 0.6 is 12.2 Å². The van der Waals surface area contributed by atoms with Gasteiger partial charge in [0.1, 0.15) is 0 Å². The summed E-state index contributed by atoms with van der Waals surface area (Å²) in [5, 5.41) is 6.56. The smallest absolute Gasteiger partial charge is 0.257 e. The van der Waals surface area contributed by atoms with Gasteiger partial charge in [0.15, 0.2) is 5.11 Å². The molecule has 0 spiro atoms. The van der Waals surface area contributed by atoms with Crippen molar-refractivity contribution in [2.75, 3.05) is 0 Å². The van der Waals surface area contributed by atoms with E-state index in [1.54, 1.807) is 0 Å². The zero-order valence-corrected chi connectivity index (χ0v) is 15.4. The average Bonchev–Trinajstić information content (AvgIpc) is 2.47. The van der Waals surface area contributed by atoms with Gasteiger partial charge in [0.2, 0.25) is 0 Å². The van der Waals surface area contributed by atoms with Gasteiger partial charge in [-0.3, -0.25) is 10.1 Å². The molecule has 1 aromatic carbocycles. The Morgan fingerprint density at radius 2 is 1.74 bits per heavy atom. The zero-order chi connectivity index (χ0) is 17.0. The molecule has 126 valence electrons. The number of thiocarbonyl (C=S) groups is 1. The molecule has 0 atom stereocenters. The lowest BCUT2D eigenvalue weighted by Crippen LogP contribution is -2.46. The Morgan fingerprint density at radius 3 is 2.30 bits per heavy atom. The quantitative estimate of drug-likeness (QED) is 0.797. The van der Waals surface area contributed by atoms with Crippen LogP contribution in [0.4, 0.5) is 0 Å². The van der Waals surface area contributed by atoms with Gasteiger partial charge in [-0.25, -0.2) is 0 Å². The van der Waals surface area contributed by atoms with Gasteiger partial charge in [0.25, 0.3) is 5.91 Å². The first-order valence-electron chi connectivity index (χ1n) is 8.45. The second-order valence-electron chi connectivity index (χ2n) is 7.66. The van der Waals surface area contributed by atoms with E-state index < -0.39 is 0 Å². The number of aryl methyl sites for hydroxylation is 1. The predicted octanol–water partition coefficient (Wildman–Crippen LogP) is 4.20. The lowest BCUT2D eigenvalue weighted by molar-refractivity contribution is 0.0975. The van der Waals surface area contributed by atoms with Crippen molar-refractivity contribution in [2.45, 2.75) is 59.4 Å². The lowest BCUT2D eigenvalue weighted by atomic mass is 9.71. The Kier molecular flexibility index (Phi) is 5.79. The topological polar surface area (TPSA) is 41.1 Å². The molecule has 4 heteroatoms. The molecule has 0 heterocycles. The fourth-order valence-corrected chi connectivity index (χ4v) is 3.58. The molecule has 0 aromatic heterocycles. The van der Waals surface area contributed by atoms with Gasteiger partial charge in [-0.05, 0) is 67.8 Å². The Bertz CT molecular complexity index is 569. The van der Waals surface area contributed by atoms with Gasteiger partial charge in [0, 0.05) is 11.6 Å². The van der Waals surface area contributed by atoms with Crippen molar-refractivity contribution in [1.82, 2.24) is 10.6 Å². The van der Waals surface area contributed by atoms with Crippen LogP contribution in [0.3, 0.4) is 0 Å². The number of hydrogen-bond acceptors (Lipinski definition) is 2. The summed E-state index contributed by atoms with van der Waals surface area (Å²) in [7, 11) is 0. The number of carbonyl (C=O) groups is 1. The van der Waals surface area contributed by atoms with Gasteiger partial charge >= 0.3 is 0 Å². The van der Waals surface area contributed by atoms with Crippen LogP contribution in [-0.2, 0) is 0 Å². The van der Waals surface area contributed by atoms with Crippen LogP contribution in [0.1, 0.15) is 62.4 Å². The van der Waals surface area contributed by atoms with Gasteiger partial charge in [-0.15, -0.1) is 0 Å². The van der Waals surface area contributed by atoms with E-state index in [2.05, 4.69) is 31.4 Å². The molecule has 1 aliphatic carbocycles. The highest BCUT2D eigenvalue weighted by Crippen LogP contribution is 2.37. The third kappa shape index (κ3) is 5.03. The van der Waals surface area contributed by atoms with Crippen LogP contribution in [0.25, 0.3) is 0 Å². The monoisotopic (exact) mass is 332 g/mol. The van der Waals surface area contributed by atoms with E-state index in [4.69, 9.17) is 12.2 Å². The number of benzene rings is 1. The molecular weight excluding hydrogens is 304 g/mol. The summed E-state index contributed by atoms with van der Waals surface area (Å²) in [4.78, 5) is 12.3. The molecular formula is C19H28N2OS. The molecule has 2 N–H and O–H groups in total. The van der Waals surface area contributed by atoms with E-state index in [0.29, 0.717) is 22.1 Å². The van der Waals surface area contributed by atoms with E-state index >= 15 is 0 Å². The third-order valence-corrected chi connectivity index (χ3v) is 5.12. The second kappa shape index (κ2) is 7.43. The maximum Gasteiger partial charge on any atom is 0.257 e. The minimum Gasteiger partial charge on any atom is -0.360 e. The number of rotatable bonds is 2. The predicted molar refractivity (Wildman–Crippen MR) is 99.6 cm³/mol.